The van der Waals surface area contributed by atoms with Gasteiger partial charge in [-0.25, -0.2) is 0 Å². The van der Waals surface area contributed by atoms with E-state index in [9.17, 15) is 4.79 Å². The van der Waals surface area contributed by atoms with E-state index in [1.807, 2.05) is 31.3 Å². The number of amides is 1. The van der Waals surface area contributed by atoms with Crippen molar-refractivity contribution in [3.05, 3.63) is 48.4 Å². The molecule has 0 saturated carbocycles. The normalized spacial score (nSPS) is 9.95. The molecule has 2 aromatic rings. The van der Waals surface area contributed by atoms with Crippen LogP contribution in [0.5, 0.6) is 5.75 Å². The molecular weight excluding hydrogens is 244 g/mol. The van der Waals surface area contributed by atoms with Gasteiger partial charge in [0.2, 0.25) is 0 Å². The number of carbonyl (C=O) groups excluding carboxylic acids is 1. The Morgan fingerprint density at radius 2 is 2.05 bits per heavy atom. The maximum atomic E-state index is 11.5. The molecule has 0 aliphatic heterocycles. The first-order valence-electron chi connectivity index (χ1n) is 5.97. The second-order valence-electron chi connectivity index (χ2n) is 3.92. The summed E-state index contributed by atoms with van der Waals surface area (Å²) in [6.07, 6.45) is 1.57. The second kappa shape index (κ2) is 6.49. The van der Waals surface area contributed by atoms with Crippen LogP contribution in [0.25, 0.3) is 0 Å². The van der Waals surface area contributed by atoms with E-state index in [1.165, 1.54) is 0 Å². The Labute approximate surface area is 111 Å². The van der Waals surface area contributed by atoms with Crippen molar-refractivity contribution in [2.45, 2.75) is 6.54 Å². The Balaban J connectivity index is 1.73. The molecule has 0 saturated heterocycles. The van der Waals surface area contributed by atoms with E-state index in [0.717, 1.165) is 5.69 Å². The number of benzene rings is 1. The molecule has 0 aliphatic carbocycles. The molecule has 1 aromatic heterocycles. The highest BCUT2D eigenvalue weighted by molar-refractivity contribution is 5.77. The lowest BCUT2D eigenvalue weighted by molar-refractivity contribution is -0.123. The average Bonchev–Trinajstić information content (AvgIpc) is 2.96. The van der Waals surface area contributed by atoms with E-state index in [0.29, 0.717) is 18.1 Å². The molecule has 100 valence electrons. The molecule has 0 atom stereocenters. The van der Waals surface area contributed by atoms with Gasteiger partial charge in [0.25, 0.3) is 5.91 Å². The molecule has 0 aliphatic rings. The smallest absolute Gasteiger partial charge is 0.258 e. The van der Waals surface area contributed by atoms with Crippen LogP contribution >= 0.6 is 0 Å². The van der Waals surface area contributed by atoms with Crippen LogP contribution in [-0.2, 0) is 11.3 Å². The molecule has 1 aromatic carbocycles. The monoisotopic (exact) mass is 260 g/mol. The Morgan fingerprint density at radius 3 is 2.68 bits per heavy atom. The Morgan fingerprint density at radius 1 is 1.26 bits per heavy atom. The van der Waals surface area contributed by atoms with Gasteiger partial charge in [-0.2, -0.15) is 0 Å². The van der Waals surface area contributed by atoms with Crippen LogP contribution in [0.1, 0.15) is 5.76 Å². The molecule has 5 heteroatoms. The molecule has 1 heterocycles. The van der Waals surface area contributed by atoms with Crippen LogP contribution in [0, 0.1) is 0 Å². The first kappa shape index (κ1) is 13.0. The van der Waals surface area contributed by atoms with Gasteiger partial charge >= 0.3 is 0 Å². The zero-order chi connectivity index (χ0) is 13.5. The van der Waals surface area contributed by atoms with Crippen molar-refractivity contribution in [1.82, 2.24) is 5.32 Å². The number of hydrogen-bond acceptors (Lipinski definition) is 4. The predicted octanol–water partition coefficient (Wildman–Crippen LogP) is 2.02. The summed E-state index contributed by atoms with van der Waals surface area (Å²) in [5.74, 6) is 1.19. The first-order chi connectivity index (χ1) is 9.28. The van der Waals surface area contributed by atoms with Crippen molar-refractivity contribution < 1.29 is 13.9 Å². The molecule has 0 unspecified atom stereocenters. The fourth-order valence-corrected chi connectivity index (χ4v) is 1.52. The lowest BCUT2D eigenvalue weighted by atomic mass is 10.3. The number of rotatable bonds is 6. The van der Waals surface area contributed by atoms with Crippen LogP contribution in [0.15, 0.2) is 47.1 Å². The van der Waals surface area contributed by atoms with Crippen LogP contribution in [0.2, 0.25) is 0 Å². The highest BCUT2D eigenvalue weighted by Gasteiger charge is 2.03. The van der Waals surface area contributed by atoms with Crippen LogP contribution in [0.3, 0.4) is 0 Å². The zero-order valence-electron chi connectivity index (χ0n) is 10.7. The van der Waals surface area contributed by atoms with Crippen molar-refractivity contribution in [3.8, 4) is 5.75 Å². The largest absolute Gasteiger partial charge is 0.484 e. The number of ether oxygens (including phenoxy) is 1. The first-order valence-corrected chi connectivity index (χ1v) is 5.97. The molecule has 19 heavy (non-hydrogen) atoms. The molecule has 2 rings (SSSR count). The van der Waals surface area contributed by atoms with Crippen molar-refractivity contribution in [2.24, 2.45) is 0 Å². The van der Waals surface area contributed by atoms with Crippen molar-refractivity contribution in [3.63, 3.8) is 0 Å². The minimum absolute atomic E-state index is 0.0143. The molecule has 0 spiro atoms. The molecule has 5 nitrogen and oxygen atoms in total. The summed E-state index contributed by atoms with van der Waals surface area (Å²) in [5, 5.41) is 5.72. The minimum Gasteiger partial charge on any atom is -0.484 e. The lowest BCUT2D eigenvalue weighted by Gasteiger charge is -2.07. The number of carbonyl (C=O) groups is 1. The molecule has 2 N–H and O–H groups in total. The van der Waals surface area contributed by atoms with E-state index in [2.05, 4.69) is 10.6 Å². The summed E-state index contributed by atoms with van der Waals surface area (Å²) in [4.78, 5) is 11.5. The molecule has 0 fully saturated rings. The quantitative estimate of drug-likeness (QED) is 0.834. The van der Waals surface area contributed by atoms with E-state index < -0.39 is 0 Å². The van der Waals surface area contributed by atoms with E-state index in [-0.39, 0.29) is 12.5 Å². The van der Waals surface area contributed by atoms with Crippen molar-refractivity contribution in [2.75, 3.05) is 19.0 Å². The highest BCUT2D eigenvalue weighted by Crippen LogP contribution is 2.14. The fourth-order valence-electron chi connectivity index (χ4n) is 1.52. The SMILES string of the molecule is CNc1ccc(OCC(=O)NCc2ccco2)cc1. The van der Waals surface area contributed by atoms with Gasteiger partial charge in [0, 0.05) is 12.7 Å². The Kier molecular flexibility index (Phi) is 4.44. The molecule has 0 radical (unpaired) electrons. The van der Waals surface area contributed by atoms with E-state index >= 15 is 0 Å². The number of furan rings is 1. The highest BCUT2D eigenvalue weighted by atomic mass is 16.5. The summed E-state index contributed by atoms with van der Waals surface area (Å²) in [5.41, 5.74) is 0.995. The Bertz CT molecular complexity index is 506. The van der Waals surface area contributed by atoms with Crippen molar-refractivity contribution >= 4 is 11.6 Å². The van der Waals surface area contributed by atoms with E-state index in [1.54, 1.807) is 18.4 Å². The summed E-state index contributed by atoms with van der Waals surface area (Å²) >= 11 is 0. The van der Waals surface area contributed by atoms with Crippen LogP contribution in [0.4, 0.5) is 5.69 Å². The topological polar surface area (TPSA) is 63.5 Å². The Hall–Kier alpha value is -2.43. The average molecular weight is 260 g/mol. The summed E-state index contributed by atoms with van der Waals surface area (Å²) in [7, 11) is 1.85. The zero-order valence-corrected chi connectivity index (χ0v) is 10.7. The van der Waals surface area contributed by atoms with Gasteiger partial charge in [0.1, 0.15) is 11.5 Å². The van der Waals surface area contributed by atoms with Gasteiger partial charge in [0.05, 0.1) is 12.8 Å². The summed E-state index contributed by atoms with van der Waals surface area (Å²) in [6, 6.07) is 11.0. The van der Waals surface area contributed by atoms with E-state index in [4.69, 9.17) is 9.15 Å². The van der Waals surface area contributed by atoms with Crippen LogP contribution in [-0.4, -0.2) is 19.6 Å². The predicted molar refractivity (Wildman–Crippen MR) is 72.0 cm³/mol. The second-order valence-corrected chi connectivity index (χ2v) is 3.92. The van der Waals surface area contributed by atoms with Gasteiger partial charge in [-0.05, 0) is 36.4 Å². The van der Waals surface area contributed by atoms with Gasteiger partial charge in [-0.15, -0.1) is 0 Å². The van der Waals surface area contributed by atoms with Crippen molar-refractivity contribution in [1.29, 1.82) is 0 Å². The maximum Gasteiger partial charge on any atom is 0.258 e. The summed E-state index contributed by atoms with van der Waals surface area (Å²) < 4.78 is 10.5. The van der Waals surface area contributed by atoms with Gasteiger partial charge in [0.15, 0.2) is 6.61 Å². The third kappa shape index (κ3) is 4.06. The number of anilines is 1. The van der Waals surface area contributed by atoms with Crippen LogP contribution < -0.4 is 15.4 Å². The third-order valence-corrected chi connectivity index (χ3v) is 2.55. The van der Waals surface area contributed by atoms with Gasteiger partial charge in [-0.1, -0.05) is 0 Å². The number of hydrogen-bond donors (Lipinski definition) is 2. The minimum atomic E-state index is -0.186. The molecule has 0 bridgehead atoms. The van der Waals surface area contributed by atoms with Gasteiger partial charge < -0.3 is 19.8 Å². The number of nitrogens with one attached hydrogen (secondary N) is 2. The molecular formula is C14H16N2O3. The molecule has 1 amide bonds. The lowest BCUT2D eigenvalue weighted by Crippen LogP contribution is -2.28. The fraction of sp³-hybridized carbons (Fsp3) is 0.214. The van der Waals surface area contributed by atoms with Gasteiger partial charge in [-0.3, -0.25) is 4.79 Å². The summed E-state index contributed by atoms with van der Waals surface area (Å²) in [6.45, 7) is 0.355. The third-order valence-electron chi connectivity index (χ3n) is 2.55. The standard InChI is InChI=1S/C14H16N2O3/c1-15-11-4-6-12(7-5-11)19-10-14(17)16-9-13-3-2-8-18-13/h2-8,15H,9-10H2,1H3,(H,16,17). The maximum absolute atomic E-state index is 11.5.